The van der Waals surface area contributed by atoms with Crippen LogP contribution in [0.5, 0.6) is 0 Å². The molecule has 176 valence electrons. The molecule has 32 heavy (non-hydrogen) atoms. The van der Waals surface area contributed by atoms with Crippen molar-refractivity contribution in [2.45, 2.75) is 68.2 Å². The third-order valence-electron chi connectivity index (χ3n) is 6.08. The first kappa shape index (κ1) is 27.1. The second kappa shape index (κ2) is 12.8. The summed E-state index contributed by atoms with van der Waals surface area (Å²) < 4.78 is 5.90. The van der Waals surface area contributed by atoms with Gasteiger partial charge in [-0.25, -0.2) is 9.98 Å². The number of hydrogen-bond donors (Lipinski definition) is 3. The van der Waals surface area contributed by atoms with Crippen LogP contribution < -0.4 is 11.1 Å². The lowest BCUT2D eigenvalue weighted by Crippen LogP contribution is -2.35. The van der Waals surface area contributed by atoms with Crippen molar-refractivity contribution in [2.24, 2.45) is 27.6 Å². The largest absolute Gasteiger partial charge is 0.463 e. The van der Waals surface area contributed by atoms with Crippen molar-refractivity contribution >= 4 is 23.7 Å². The van der Waals surface area contributed by atoms with Gasteiger partial charge in [0, 0.05) is 11.6 Å². The molecule has 1 heterocycles. The maximum absolute atomic E-state index is 13.2. The van der Waals surface area contributed by atoms with E-state index in [0.717, 1.165) is 41.6 Å². The van der Waals surface area contributed by atoms with E-state index in [2.05, 4.69) is 22.2 Å². The summed E-state index contributed by atoms with van der Waals surface area (Å²) in [5.74, 6) is 0.516. The van der Waals surface area contributed by atoms with Crippen molar-refractivity contribution in [1.82, 2.24) is 5.32 Å². The first-order chi connectivity index (χ1) is 15.1. The number of nitrogens with two attached hydrogens (primary N) is 1. The normalized spacial score (nSPS) is 19.4. The van der Waals surface area contributed by atoms with E-state index in [1.54, 1.807) is 6.26 Å². The molecule has 1 rings (SSSR count). The summed E-state index contributed by atoms with van der Waals surface area (Å²) in [6, 6.07) is 0. The third kappa shape index (κ3) is 6.52. The fraction of sp³-hybridized carbons (Fsp3) is 0.520. The topological polar surface area (TPSA) is 113 Å². The van der Waals surface area contributed by atoms with Gasteiger partial charge >= 0.3 is 0 Å². The Bertz CT molecular complexity index is 903. The van der Waals surface area contributed by atoms with E-state index in [0.29, 0.717) is 17.0 Å². The molecule has 0 aromatic heterocycles. The molecule has 2 atom stereocenters. The molecule has 0 bridgehead atoms. The number of rotatable bonds is 10. The van der Waals surface area contributed by atoms with Gasteiger partial charge in [-0.15, -0.1) is 0 Å². The Morgan fingerprint density at radius 1 is 1.38 bits per heavy atom. The summed E-state index contributed by atoms with van der Waals surface area (Å²) in [5, 5.41) is 10.2. The Kier molecular flexibility index (Phi) is 10.8. The van der Waals surface area contributed by atoms with Gasteiger partial charge in [-0.1, -0.05) is 39.3 Å². The van der Waals surface area contributed by atoms with Crippen LogP contribution in [0.25, 0.3) is 0 Å². The minimum absolute atomic E-state index is 0.164. The van der Waals surface area contributed by atoms with Gasteiger partial charge in [-0.3, -0.25) is 10.2 Å². The Morgan fingerprint density at radius 3 is 2.56 bits per heavy atom. The summed E-state index contributed by atoms with van der Waals surface area (Å²) in [4.78, 5) is 22.0. The van der Waals surface area contributed by atoms with Gasteiger partial charge in [0.25, 0.3) is 5.91 Å². The Morgan fingerprint density at radius 2 is 2.03 bits per heavy atom. The van der Waals surface area contributed by atoms with Crippen LogP contribution in [0.3, 0.4) is 0 Å². The molecule has 1 amide bonds. The minimum atomic E-state index is -0.278. The lowest BCUT2D eigenvalue weighted by molar-refractivity contribution is -0.117. The number of hydrogen-bond acceptors (Lipinski definition) is 5. The maximum atomic E-state index is 13.2. The van der Waals surface area contributed by atoms with Crippen molar-refractivity contribution in [3.05, 3.63) is 46.2 Å². The molecule has 0 radical (unpaired) electrons. The molecule has 0 spiro atoms. The summed E-state index contributed by atoms with van der Waals surface area (Å²) in [6.45, 7) is 16.2. The van der Waals surface area contributed by atoms with Crippen molar-refractivity contribution in [2.75, 3.05) is 6.54 Å². The summed E-state index contributed by atoms with van der Waals surface area (Å²) in [7, 11) is 0. The Hall–Kier alpha value is -2.96. The molecule has 0 aromatic carbocycles. The Labute approximate surface area is 192 Å². The number of carbonyl (C=O) groups is 1. The minimum Gasteiger partial charge on any atom is -0.463 e. The van der Waals surface area contributed by atoms with Gasteiger partial charge in [0.1, 0.15) is 17.9 Å². The number of nitrogens with one attached hydrogen (secondary N) is 2. The first-order valence-corrected chi connectivity index (χ1v) is 11.2. The number of amides is 1. The van der Waals surface area contributed by atoms with E-state index in [1.807, 2.05) is 54.5 Å². The number of nitrogens with zero attached hydrogens (tertiary/aromatic N) is 2. The monoisotopic (exact) mass is 441 g/mol. The van der Waals surface area contributed by atoms with Crippen LogP contribution in [0.1, 0.15) is 68.2 Å². The molecule has 0 saturated heterocycles. The predicted octanol–water partition coefficient (Wildman–Crippen LogP) is 5.03. The van der Waals surface area contributed by atoms with E-state index in [9.17, 15) is 4.79 Å². The standard InChI is InChI=1S/C25H39N5O2/c1-9-12-32-23(16(5)11-3)22-19(8)17(6)18(7)21(24(27)30-22)25(31)28-13-20(29-14-26)15(4)10-2/h9,12,14-15,18,26H,10-11,13,27H2,1-8H3,(H,28,31)/b12-9-,23-16-,26-14?,29-20-. The van der Waals surface area contributed by atoms with Gasteiger partial charge in [0.15, 0.2) is 5.76 Å². The zero-order chi connectivity index (χ0) is 24.4. The second-order valence-electron chi connectivity index (χ2n) is 8.08. The highest BCUT2D eigenvalue weighted by molar-refractivity contribution is 6.13. The average Bonchev–Trinajstić information content (AvgIpc) is 2.86. The van der Waals surface area contributed by atoms with Gasteiger partial charge in [0.05, 0.1) is 18.4 Å². The van der Waals surface area contributed by atoms with E-state index in [4.69, 9.17) is 15.9 Å². The highest BCUT2D eigenvalue weighted by Gasteiger charge is 2.29. The lowest BCUT2D eigenvalue weighted by Gasteiger charge is -2.19. The van der Waals surface area contributed by atoms with Crippen LogP contribution in [0.4, 0.5) is 0 Å². The van der Waals surface area contributed by atoms with E-state index in [1.165, 1.54) is 0 Å². The molecular weight excluding hydrogens is 402 g/mol. The quantitative estimate of drug-likeness (QED) is 0.251. The molecule has 0 fully saturated rings. The number of aliphatic imine (C=N–C) groups is 2. The predicted molar refractivity (Wildman–Crippen MR) is 134 cm³/mol. The molecule has 4 N–H and O–H groups in total. The first-order valence-electron chi connectivity index (χ1n) is 11.2. The zero-order valence-corrected chi connectivity index (χ0v) is 20.8. The number of ether oxygens (including phenoxy) is 1. The van der Waals surface area contributed by atoms with Crippen LogP contribution in [-0.4, -0.2) is 30.2 Å². The third-order valence-corrected chi connectivity index (χ3v) is 6.08. The molecule has 1 aliphatic rings. The molecular formula is C25H39N5O2. The Balaban J connectivity index is 3.45. The number of allylic oxidation sites excluding steroid dienone is 4. The van der Waals surface area contributed by atoms with Crippen molar-refractivity contribution < 1.29 is 9.53 Å². The highest BCUT2D eigenvalue weighted by atomic mass is 16.5. The van der Waals surface area contributed by atoms with Crippen molar-refractivity contribution in [3.63, 3.8) is 0 Å². The molecule has 0 aliphatic carbocycles. The summed E-state index contributed by atoms with van der Waals surface area (Å²) in [6.07, 6.45) is 6.13. The van der Waals surface area contributed by atoms with Crippen LogP contribution in [0.2, 0.25) is 0 Å². The SMILES string of the molecule is C/C=C\O/C(C1=NC(N)=C(C(=O)NC/C(=N/C=N)C(C)CC)C(C)C(C)=C1C)=C(/C)CC. The molecule has 0 saturated carbocycles. The maximum Gasteiger partial charge on any atom is 0.251 e. The zero-order valence-electron chi connectivity index (χ0n) is 20.8. The summed E-state index contributed by atoms with van der Waals surface area (Å²) in [5.41, 5.74) is 11.2. The molecule has 0 aromatic rings. The fourth-order valence-corrected chi connectivity index (χ4v) is 3.34. The number of carbonyl (C=O) groups excluding carboxylic acids is 1. The van der Waals surface area contributed by atoms with Crippen LogP contribution in [-0.2, 0) is 9.53 Å². The smallest absolute Gasteiger partial charge is 0.251 e. The lowest BCUT2D eigenvalue weighted by atomic mass is 9.89. The molecule has 2 unspecified atom stereocenters. The van der Waals surface area contributed by atoms with E-state index >= 15 is 0 Å². The second-order valence-corrected chi connectivity index (χ2v) is 8.08. The average molecular weight is 442 g/mol. The van der Waals surface area contributed by atoms with E-state index in [-0.39, 0.29) is 30.1 Å². The summed E-state index contributed by atoms with van der Waals surface area (Å²) >= 11 is 0. The highest BCUT2D eigenvalue weighted by Crippen LogP contribution is 2.31. The molecule has 7 nitrogen and oxygen atoms in total. The van der Waals surface area contributed by atoms with Gasteiger partial charge in [0.2, 0.25) is 0 Å². The van der Waals surface area contributed by atoms with Crippen LogP contribution in [0, 0.1) is 17.2 Å². The van der Waals surface area contributed by atoms with Gasteiger partial charge in [-0.05, 0) is 57.6 Å². The van der Waals surface area contributed by atoms with Crippen molar-refractivity contribution in [3.8, 4) is 0 Å². The molecule has 7 heteroatoms. The fourth-order valence-electron chi connectivity index (χ4n) is 3.34. The van der Waals surface area contributed by atoms with Crippen LogP contribution in [0.15, 0.2) is 56.2 Å². The van der Waals surface area contributed by atoms with Crippen molar-refractivity contribution in [1.29, 1.82) is 5.41 Å². The van der Waals surface area contributed by atoms with Gasteiger partial charge < -0.3 is 15.8 Å². The van der Waals surface area contributed by atoms with E-state index < -0.39 is 0 Å². The van der Waals surface area contributed by atoms with Gasteiger partial charge in [-0.2, -0.15) is 0 Å². The molecule has 1 aliphatic heterocycles. The van der Waals surface area contributed by atoms with Crippen LogP contribution >= 0.6 is 0 Å².